The smallest absolute Gasteiger partial charge is 0.212 e. The lowest BCUT2D eigenvalue weighted by Crippen LogP contribution is -1.92. The van der Waals surface area contributed by atoms with Crippen LogP contribution in [0.4, 0.5) is 0 Å². The van der Waals surface area contributed by atoms with Gasteiger partial charge in [-0.15, -0.1) is 0 Å². The van der Waals surface area contributed by atoms with Crippen LogP contribution >= 0.6 is 0 Å². The van der Waals surface area contributed by atoms with Gasteiger partial charge in [0.1, 0.15) is 0 Å². The second-order valence-corrected chi connectivity index (χ2v) is 1.82. The van der Waals surface area contributed by atoms with Crippen LogP contribution in [0.5, 0.6) is 5.88 Å². The SMILES string of the molecule is CCOc1[nH]ncc1C. The third kappa shape index (κ3) is 1.22. The van der Waals surface area contributed by atoms with Crippen LogP contribution in [0.1, 0.15) is 12.5 Å². The van der Waals surface area contributed by atoms with Gasteiger partial charge in [-0.1, -0.05) is 0 Å². The van der Waals surface area contributed by atoms with E-state index in [9.17, 15) is 0 Å². The third-order valence-corrected chi connectivity index (χ3v) is 1.07. The first-order valence-electron chi connectivity index (χ1n) is 2.97. The molecule has 0 radical (unpaired) electrons. The molecule has 1 N–H and O–H groups in total. The number of aromatic amines is 1. The Morgan fingerprint density at radius 3 is 3.00 bits per heavy atom. The van der Waals surface area contributed by atoms with Gasteiger partial charge in [-0.2, -0.15) is 5.10 Å². The number of H-pyrrole nitrogens is 1. The fourth-order valence-electron chi connectivity index (χ4n) is 0.625. The van der Waals surface area contributed by atoms with Crippen molar-refractivity contribution in [2.45, 2.75) is 13.8 Å². The van der Waals surface area contributed by atoms with E-state index in [2.05, 4.69) is 10.2 Å². The number of nitrogens with zero attached hydrogens (tertiary/aromatic N) is 1. The van der Waals surface area contributed by atoms with Crippen LogP contribution in [0.3, 0.4) is 0 Å². The number of hydrogen-bond donors (Lipinski definition) is 1. The zero-order chi connectivity index (χ0) is 6.69. The monoisotopic (exact) mass is 126 g/mol. The number of rotatable bonds is 2. The predicted molar refractivity (Wildman–Crippen MR) is 34.5 cm³/mol. The van der Waals surface area contributed by atoms with Crippen LogP contribution in [-0.4, -0.2) is 16.8 Å². The molecule has 9 heavy (non-hydrogen) atoms. The van der Waals surface area contributed by atoms with Gasteiger partial charge in [-0.05, 0) is 13.8 Å². The van der Waals surface area contributed by atoms with E-state index in [1.54, 1.807) is 6.20 Å². The maximum atomic E-state index is 5.16. The van der Waals surface area contributed by atoms with Crippen LogP contribution in [0.15, 0.2) is 6.20 Å². The van der Waals surface area contributed by atoms with Gasteiger partial charge >= 0.3 is 0 Å². The first-order valence-corrected chi connectivity index (χ1v) is 2.97. The topological polar surface area (TPSA) is 37.9 Å². The fourth-order valence-corrected chi connectivity index (χ4v) is 0.625. The fraction of sp³-hybridized carbons (Fsp3) is 0.500. The first kappa shape index (κ1) is 6.13. The minimum absolute atomic E-state index is 0.684. The second kappa shape index (κ2) is 2.53. The summed E-state index contributed by atoms with van der Waals surface area (Å²) in [4.78, 5) is 0. The van der Waals surface area contributed by atoms with Crippen molar-refractivity contribution < 1.29 is 4.74 Å². The Balaban J connectivity index is 2.69. The quantitative estimate of drug-likeness (QED) is 0.644. The molecule has 0 spiro atoms. The predicted octanol–water partition coefficient (Wildman–Crippen LogP) is 1.12. The summed E-state index contributed by atoms with van der Waals surface area (Å²) >= 11 is 0. The Morgan fingerprint density at radius 2 is 2.56 bits per heavy atom. The molecule has 1 heterocycles. The lowest BCUT2D eigenvalue weighted by molar-refractivity contribution is 0.324. The van der Waals surface area contributed by atoms with Crippen LogP contribution < -0.4 is 4.74 Å². The number of nitrogens with one attached hydrogen (secondary N) is 1. The van der Waals surface area contributed by atoms with Gasteiger partial charge in [0.15, 0.2) is 0 Å². The Bertz CT molecular complexity index is 183. The molecule has 0 saturated carbocycles. The molecule has 1 aromatic heterocycles. The number of aromatic nitrogens is 2. The molecule has 0 aliphatic heterocycles. The van der Waals surface area contributed by atoms with Gasteiger partial charge in [0, 0.05) is 5.56 Å². The summed E-state index contributed by atoms with van der Waals surface area (Å²) in [6, 6.07) is 0. The second-order valence-electron chi connectivity index (χ2n) is 1.82. The van der Waals surface area contributed by atoms with Crippen LogP contribution in [-0.2, 0) is 0 Å². The van der Waals surface area contributed by atoms with Gasteiger partial charge in [0.05, 0.1) is 12.8 Å². The first-order chi connectivity index (χ1) is 4.34. The Hall–Kier alpha value is -0.990. The van der Waals surface area contributed by atoms with Crippen molar-refractivity contribution in [2.24, 2.45) is 0 Å². The molecule has 0 atom stereocenters. The molecular formula is C6H10N2O. The largest absolute Gasteiger partial charge is 0.478 e. The van der Waals surface area contributed by atoms with E-state index in [-0.39, 0.29) is 0 Å². The molecule has 1 aromatic rings. The van der Waals surface area contributed by atoms with E-state index in [4.69, 9.17) is 4.74 Å². The molecule has 0 bridgehead atoms. The lowest BCUT2D eigenvalue weighted by Gasteiger charge is -1.97. The highest BCUT2D eigenvalue weighted by Gasteiger charge is 1.96. The highest BCUT2D eigenvalue weighted by Crippen LogP contribution is 2.10. The third-order valence-electron chi connectivity index (χ3n) is 1.07. The van der Waals surface area contributed by atoms with Gasteiger partial charge in [0.2, 0.25) is 5.88 Å². The summed E-state index contributed by atoms with van der Waals surface area (Å²) in [5.74, 6) is 0.775. The van der Waals surface area contributed by atoms with Gasteiger partial charge in [-0.25, -0.2) is 5.10 Å². The molecule has 0 amide bonds. The molecule has 3 heteroatoms. The van der Waals surface area contributed by atoms with Crippen molar-refractivity contribution in [1.29, 1.82) is 0 Å². The molecule has 0 fully saturated rings. The number of hydrogen-bond acceptors (Lipinski definition) is 2. The van der Waals surface area contributed by atoms with E-state index in [0.717, 1.165) is 11.4 Å². The van der Waals surface area contributed by atoms with Gasteiger partial charge in [-0.3, -0.25) is 0 Å². The van der Waals surface area contributed by atoms with E-state index in [1.807, 2.05) is 13.8 Å². The summed E-state index contributed by atoms with van der Waals surface area (Å²) in [5.41, 5.74) is 1.05. The Kier molecular flexibility index (Phi) is 1.72. The minimum atomic E-state index is 0.684. The van der Waals surface area contributed by atoms with E-state index >= 15 is 0 Å². The van der Waals surface area contributed by atoms with Crippen molar-refractivity contribution >= 4 is 0 Å². The summed E-state index contributed by atoms with van der Waals surface area (Å²) in [6.45, 7) is 4.58. The molecule has 0 saturated heterocycles. The van der Waals surface area contributed by atoms with Gasteiger partial charge < -0.3 is 4.74 Å². The summed E-state index contributed by atoms with van der Waals surface area (Å²) < 4.78 is 5.16. The molecule has 50 valence electrons. The Labute approximate surface area is 54.0 Å². The van der Waals surface area contributed by atoms with Crippen molar-refractivity contribution in [2.75, 3.05) is 6.61 Å². The molecule has 0 unspecified atom stereocenters. The number of aryl methyl sites for hydroxylation is 1. The minimum Gasteiger partial charge on any atom is -0.478 e. The van der Waals surface area contributed by atoms with Crippen molar-refractivity contribution in [3.8, 4) is 5.88 Å². The van der Waals surface area contributed by atoms with Crippen LogP contribution in [0.2, 0.25) is 0 Å². The van der Waals surface area contributed by atoms with E-state index in [1.165, 1.54) is 0 Å². The van der Waals surface area contributed by atoms with Crippen LogP contribution in [0.25, 0.3) is 0 Å². The zero-order valence-corrected chi connectivity index (χ0v) is 5.64. The maximum absolute atomic E-state index is 5.16. The average molecular weight is 126 g/mol. The molecule has 1 rings (SSSR count). The van der Waals surface area contributed by atoms with E-state index < -0.39 is 0 Å². The van der Waals surface area contributed by atoms with E-state index in [0.29, 0.717) is 6.61 Å². The summed E-state index contributed by atoms with van der Waals surface area (Å²) in [7, 11) is 0. The van der Waals surface area contributed by atoms with Crippen molar-refractivity contribution in [3.63, 3.8) is 0 Å². The maximum Gasteiger partial charge on any atom is 0.212 e. The van der Waals surface area contributed by atoms with Crippen LogP contribution in [0, 0.1) is 6.92 Å². The van der Waals surface area contributed by atoms with Gasteiger partial charge in [0.25, 0.3) is 0 Å². The summed E-state index contributed by atoms with van der Waals surface area (Å²) in [6.07, 6.45) is 1.74. The van der Waals surface area contributed by atoms with Crippen molar-refractivity contribution in [3.05, 3.63) is 11.8 Å². The highest BCUT2D eigenvalue weighted by atomic mass is 16.5. The van der Waals surface area contributed by atoms with Crippen molar-refractivity contribution in [1.82, 2.24) is 10.2 Å². The molecule has 0 aliphatic carbocycles. The average Bonchev–Trinajstić information content (AvgIpc) is 2.18. The molecular weight excluding hydrogens is 116 g/mol. The highest BCUT2D eigenvalue weighted by molar-refractivity contribution is 5.19. The normalized spacial score (nSPS) is 9.56. The Morgan fingerprint density at radius 1 is 1.78 bits per heavy atom. The standard InChI is InChI=1S/C6H10N2O/c1-3-9-6-5(2)4-7-8-6/h4H,3H2,1-2H3,(H,7,8). The molecule has 0 aliphatic rings. The zero-order valence-electron chi connectivity index (χ0n) is 5.64. The molecule has 3 nitrogen and oxygen atoms in total. The number of ether oxygens (including phenoxy) is 1. The summed E-state index contributed by atoms with van der Waals surface area (Å²) in [5, 5.41) is 6.52. The molecule has 0 aromatic carbocycles. The lowest BCUT2D eigenvalue weighted by atomic mass is 10.4.